The highest BCUT2D eigenvalue weighted by Crippen LogP contribution is 2.37. The Bertz CT molecular complexity index is 1380. The molecule has 6 nitrogen and oxygen atoms in total. The Morgan fingerprint density at radius 2 is 2.06 bits per heavy atom. The van der Waals surface area contributed by atoms with Crippen LogP contribution in [0.5, 0.6) is 0 Å². The number of nitrogens with zero attached hydrogens (tertiary/aromatic N) is 1. The summed E-state index contributed by atoms with van der Waals surface area (Å²) in [7, 11) is 0. The number of rotatable bonds is 8. The zero-order chi connectivity index (χ0) is 24.4. The van der Waals surface area contributed by atoms with E-state index in [1.807, 2.05) is 0 Å². The molecule has 2 aromatic heterocycles. The molecule has 1 amide bonds. The van der Waals surface area contributed by atoms with Crippen molar-refractivity contribution in [2.24, 2.45) is 0 Å². The van der Waals surface area contributed by atoms with E-state index < -0.39 is 5.91 Å². The summed E-state index contributed by atoms with van der Waals surface area (Å²) >= 11 is 0. The molecule has 0 aliphatic heterocycles. The molecule has 0 bridgehead atoms. The molecule has 0 radical (unpaired) electrons. The Morgan fingerprint density at radius 1 is 1.17 bits per heavy atom. The molecular formula is C29H32N4O2. The van der Waals surface area contributed by atoms with Crippen LogP contribution in [0.15, 0.2) is 60.8 Å². The highest BCUT2D eigenvalue weighted by molar-refractivity contribution is 5.90. The molecule has 180 valence electrons. The predicted molar refractivity (Wildman–Crippen MR) is 139 cm³/mol. The van der Waals surface area contributed by atoms with E-state index in [2.05, 4.69) is 83.4 Å². The second-order valence-corrected chi connectivity index (χ2v) is 9.57. The van der Waals surface area contributed by atoms with Crippen LogP contribution in [0.3, 0.4) is 0 Å². The van der Waals surface area contributed by atoms with Crippen molar-refractivity contribution in [3.8, 4) is 0 Å². The maximum absolute atomic E-state index is 11.3. The molecule has 5 rings (SSSR count). The monoisotopic (exact) mass is 468 g/mol. The normalized spacial score (nSPS) is 15.4. The molecule has 1 unspecified atom stereocenters. The summed E-state index contributed by atoms with van der Waals surface area (Å²) < 4.78 is 0. The lowest BCUT2D eigenvalue weighted by atomic mass is 10.0. The Labute approximate surface area is 205 Å². The summed E-state index contributed by atoms with van der Waals surface area (Å²) in [6, 6.07) is 17.7. The van der Waals surface area contributed by atoms with Crippen molar-refractivity contribution in [2.45, 2.75) is 45.7 Å². The number of H-pyrrole nitrogens is 2. The van der Waals surface area contributed by atoms with Crippen molar-refractivity contribution in [3.63, 3.8) is 0 Å². The molecule has 0 saturated heterocycles. The van der Waals surface area contributed by atoms with E-state index >= 15 is 0 Å². The first kappa shape index (κ1) is 23.1. The van der Waals surface area contributed by atoms with Crippen LogP contribution in [0.1, 0.15) is 51.7 Å². The molecule has 35 heavy (non-hydrogen) atoms. The number of fused-ring (bicyclic) bond motifs is 2. The average molecular weight is 469 g/mol. The van der Waals surface area contributed by atoms with Crippen LogP contribution in [-0.2, 0) is 24.2 Å². The summed E-state index contributed by atoms with van der Waals surface area (Å²) in [5.74, 6) is -0.525. The molecule has 4 aromatic rings. The van der Waals surface area contributed by atoms with Gasteiger partial charge in [0.15, 0.2) is 0 Å². The number of hydroxylamine groups is 1. The fourth-order valence-corrected chi connectivity index (χ4v) is 5.30. The lowest BCUT2D eigenvalue weighted by molar-refractivity contribution is -0.124. The molecule has 0 saturated carbocycles. The zero-order valence-corrected chi connectivity index (χ0v) is 20.3. The van der Waals surface area contributed by atoms with Crippen molar-refractivity contribution >= 4 is 22.9 Å². The predicted octanol–water partition coefficient (Wildman–Crippen LogP) is 5.36. The SMILES string of the molecule is Cc1ccc2c(CCN(Cc3ccc(C)[nH]3)C3CCc4cc(C=CC(=O)NO)ccc43)c[nH]c2c1. The van der Waals surface area contributed by atoms with Crippen LogP contribution >= 0.6 is 0 Å². The molecule has 4 N–H and O–H groups in total. The van der Waals surface area contributed by atoms with Gasteiger partial charge >= 0.3 is 0 Å². The zero-order valence-electron chi connectivity index (χ0n) is 20.3. The summed E-state index contributed by atoms with van der Waals surface area (Å²) in [6.45, 7) is 6.05. The van der Waals surface area contributed by atoms with E-state index in [9.17, 15) is 4.79 Å². The number of hydrogen-bond donors (Lipinski definition) is 4. The number of nitrogens with one attached hydrogen (secondary N) is 3. The molecular weight excluding hydrogens is 436 g/mol. The number of aromatic amines is 2. The minimum absolute atomic E-state index is 0.347. The molecule has 1 aliphatic rings. The second kappa shape index (κ2) is 9.94. The van der Waals surface area contributed by atoms with Gasteiger partial charge in [0.2, 0.25) is 0 Å². The number of carbonyl (C=O) groups excluding carboxylic acids is 1. The average Bonchev–Trinajstić information content (AvgIpc) is 3.58. The Balaban J connectivity index is 1.38. The van der Waals surface area contributed by atoms with Crippen molar-refractivity contribution in [1.29, 1.82) is 0 Å². The van der Waals surface area contributed by atoms with E-state index in [1.165, 1.54) is 50.6 Å². The Hall–Kier alpha value is -3.61. The first-order valence-corrected chi connectivity index (χ1v) is 12.2. The Kier molecular flexibility index (Phi) is 6.57. The van der Waals surface area contributed by atoms with Gasteiger partial charge in [0, 0.05) is 53.7 Å². The summed E-state index contributed by atoms with van der Waals surface area (Å²) in [5.41, 5.74) is 11.5. The van der Waals surface area contributed by atoms with Crippen LogP contribution in [0, 0.1) is 13.8 Å². The van der Waals surface area contributed by atoms with Gasteiger partial charge in [-0.3, -0.25) is 14.9 Å². The van der Waals surface area contributed by atoms with Crippen molar-refractivity contribution in [3.05, 3.63) is 100 Å². The fraction of sp³-hybridized carbons (Fsp3) is 0.276. The molecule has 1 aliphatic carbocycles. The van der Waals surface area contributed by atoms with E-state index in [1.54, 1.807) is 11.6 Å². The number of benzene rings is 2. The third-order valence-electron chi connectivity index (χ3n) is 7.05. The highest BCUT2D eigenvalue weighted by atomic mass is 16.5. The van der Waals surface area contributed by atoms with E-state index in [-0.39, 0.29) is 0 Å². The Morgan fingerprint density at radius 3 is 2.86 bits per heavy atom. The fourth-order valence-electron chi connectivity index (χ4n) is 5.30. The highest BCUT2D eigenvalue weighted by Gasteiger charge is 2.28. The van der Waals surface area contributed by atoms with Gasteiger partial charge in [-0.1, -0.05) is 30.3 Å². The quantitative estimate of drug-likeness (QED) is 0.159. The number of aromatic nitrogens is 2. The molecule has 0 spiro atoms. The third kappa shape index (κ3) is 5.09. The van der Waals surface area contributed by atoms with Crippen molar-refractivity contribution < 1.29 is 10.0 Å². The molecule has 2 heterocycles. The van der Waals surface area contributed by atoms with E-state index in [0.717, 1.165) is 37.9 Å². The molecule has 1 atom stereocenters. The van der Waals surface area contributed by atoms with Crippen LogP contribution in [0.25, 0.3) is 17.0 Å². The smallest absolute Gasteiger partial charge is 0.267 e. The molecule has 0 fully saturated rings. The number of hydrogen-bond acceptors (Lipinski definition) is 3. The third-order valence-corrected chi connectivity index (χ3v) is 7.05. The minimum atomic E-state index is -0.525. The second-order valence-electron chi connectivity index (χ2n) is 9.57. The van der Waals surface area contributed by atoms with Gasteiger partial charge in [0.05, 0.1) is 0 Å². The maximum atomic E-state index is 11.3. The lowest BCUT2D eigenvalue weighted by Gasteiger charge is -2.29. The van der Waals surface area contributed by atoms with Crippen molar-refractivity contribution in [1.82, 2.24) is 20.3 Å². The first-order valence-electron chi connectivity index (χ1n) is 12.2. The van der Waals surface area contributed by atoms with Gasteiger partial charge in [-0.05, 0) is 85.2 Å². The van der Waals surface area contributed by atoms with E-state index in [0.29, 0.717) is 6.04 Å². The van der Waals surface area contributed by atoms with Gasteiger partial charge < -0.3 is 9.97 Å². The summed E-state index contributed by atoms with van der Waals surface area (Å²) in [6.07, 6.45) is 8.30. The van der Waals surface area contributed by atoms with Gasteiger partial charge in [0.1, 0.15) is 0 Å². The van der Waals surface area contributed by atoms with Gasteiger partial charge in [0.25, 0.3) is 5.91 Å². The van der Waals surface area contributed by atoms with Gasteiger partial charge in [-0.25, -0.2) is 5.48 Å². The lowest BCUT2D eigenvalue weighted by Crippen LogP contribution is -2.29. The van der Waals surface area contributed by atoms with E-state index in [4.69, 9.17) is 5.21 Å². The number of amides is 1. The van der Waals surface area contributed by atoms with Crippen LogP contribution in [0.4, 0.5) is 0 Å². The maximum Gasteiger partial charge on any atom is 0.267 e. The summed E-state index contributed by atoms with van der Waals surface area (Å²) in [5, 5.41) is 10.0. The number of aryl methyl sites for hydroxylation is 3. The van der Waals surface area contributed by atoms with Crippen LogP contribution in [0.2, 0.25) is 0 Å². The first-order chi connectivity index (χ1) is 17.0. The van der Waals surface area contributed by atoms with Crippen LogP contribution in [-0.4, -0.2) is 32.5 Å². The number of carbonyl (C=O) groups is 1. The van der Waals surface area contributed by atoms with Crippen molar-refractivity contribution in [2.75, 3.05) is 6.54 Å². The van der Waals surface area contributed by atoms with Crippen LogP contribution < -0.4 is 5.48 Å². The minimum Gasteiger partial charge on any atom is -0.361 e. The van der Waals surface area contributed by atoms with Gasteiger partial charge in [-0.2, -0.15) is 0 Å². The standard InChI is InChI=1S/C29H32N4O2/c1-19-3-9-25-23(17-30-27(25)15-19)13-14-33(18-24-8-4-20(2)31-24)28-11-7-22-16-21(5-10-26(22)28)6-12-29(34)32-35/h3-6,8-10,12,15-17,28,30-31,35H,7,11,13-14,18H2,1-2H3,(H,32,34). The molecule has 6 heteroatoms. The molecule has 2 aromatic carbocycles. The summed E-state index contributed by atoms with van der Waals surface area (Å²) in [4.78, 5) is 20.9. The largest absolute Gasteiger partial charge is 0.361 e. The topological polar surface area (TPSA) is 84.2 Å². The van der Waals surface area contributed by atoms with Gasteiger partial charge in [-0.15, -0.1) is 0 Å².